The van der Waals surface area contributed by atoms with E-state index in [4.69, 9.17) is 4.52 Å². The lowest BCUT2D eigenvalue weighted by atomic mass is 10.00. The molecule has 25 heavy (non-hydrogen) atoms. The van der Waals surface area contributed by atoms with E-state index < -0.39 is 6.10 Å². The maximum absolute atomic E-state index is 12.0. The molecule has 1 aromatic carbocycles. The number of aliphatic hydroxyl groups is 1. The second-order valence-electron chi connectivity index (χ2n) is 6.67. The fourth-order valence-corrected chi connectivity index (χ4v) is 3.11. The smallest absolute Gasteiger partial charge is 0.314 e. The summed E-state index contributed by atoms with van der Waals surface area (Å²) >= 11 is 0. The van der Waals surface area contributed by atoms with Gasteiger partial charge in [0.2, 0.25) is 0 Å². The molecule has 136 valence electrons. The Balaban J connectivity index is 1.82. The van der Waals surface area contributed by atoms with Crippen molar-refractivity contribution in [2.75, 3.05) is 13.1 Å². The van der Waals surface area contributed by atoms with Gasteiger partial charge in [-0.05, 0) is 33.3 Å². The number of aliphatic hydroxyl groups excluding tert-OH is 1. The van der Waals surface area contributed by atoms with Crippen LogP contribution in [-0.2, 0) is 0 Å². The van der Waals surface area contributed by atoms with Crippen molar-refractivity contribution < 1.29 is 14.4 Å². The van der Waals surface area contributed by atoms with Gasteiger partial charge in [-0.1, -0.05) is 41.4 Å². The number of nitrogens with one attached hydrogen (secondary N) is 2. The molecule has 3 N–H and O–H groups in total. The molecule has 0 spiro atoms. The molecule has 1 heterocycles. The third-order valence-electron chi connectivity index (χ3n) is 4.23. The first-order valence-corrected chi connectivity index (χ1v) is 8.48. The van der Waals surface area contributed by atoms with Crippen molar-refractivity contribution in [2.24, 2.45) is 0 Å². The topological polar surface area (TPSA) is 87.4 Å². The summed E-state index contributed by atoms with van der Waals surface area (Å²) in [5.74, 6) is 0.874. The van der Waals surface area contributed by atoms with Crippen molar-refractivity contribution in [1.82, 2.24) is 15.8 Å². The van der Waals surface area contributed by atoms with Crippen LogP contribution < -0.4 is 10.6 Å². The molecule has 0 unspecified atom stereocenters. The molecule has 6 nitrogen and oxygen atoms in total. The van der Waals surface area contributed by atoms with E-state index in [1.807, 2.05) is 52.8 Å². The molecule has 0 aliphatic carbocycles. The lowest BCUT2D eigenvalue weighted by molar-refractivity contribution is 0.173. The summed E-state index contributed by atoms with van der Waals surface area (Å²) in [5, 5.41) is 19.7. The Morgan fingerprint density at radius 1 is 1.12 bits per heavy atom. The van der Waals surface area contributed by atoms with E-state index in [0.29, 0.717) is 6.54 Å². The summed E-state index contributed by atoms with van der Waals surface area (Å²) in [5.41, 5.74) is 4.86. The molecule has 1 aromatic heterocycles. The van der Waals surface area contributed by atoms with E-state index in [2.05, 4.69) is 15.8 Å². The first-order chi connectivity index (χ1) is 11.8. The van der Waals surface area contributed by atoms with Crippen LogP contribution in [0.4, 0.5) is 4.79 Å². The summed E-state index contributed by atoms with van der Waals surface area (Å²) < 4.78 is 5.16. The summed E-state index contributed by atoms with van der Waals surface area (Å²) in [6, 6.07) is 5.60. The minimum atomic E-state index is -0.732. The summed E-state index contributed by atoms with van der Waals surface area (Å²) in [7, 11) is 0. The average Bonchev–Trinajstić information content (AvgIpc) is 2.88. The predicted octanol–water partition coefficient (Wildman–Crippen LogP) is 3.04. The molecule has 0 fully saturated rings. The fraction of sp³-hybridized carbons (Fsp3) is 0.474. The Labute approximate surface area is 148 Å². The van der Waals surface area contributed by atoms with Crippen molar-refractivity contribution in [3.8, 4) is 0 Å². The zero-order valence-corrected chi connectivity index (χ0v) is 15.5. The van der Waals surface area contributed by atoms with Crippen molar-refractivity contribution >= 4 is 6.03 Å². The van der Waals surface area contributed by atoms with Gasteiger partial charge in [-0.15, -0.1) is 0 Å². The van der Waals surface area contributed by atoms with Crippen molar-refractivity contribution in [3.05, 3.63) is 51.9 Å². The van der Waals surface area contributed by atoms with E-state index in [1.165, 1.54) is 0 Å². The number of nitrogens with zero attached hydrogens (tertiary/aromatic N) is 1. The molecule has 0 saturated heterocycles. The van der Waals surface area contributed by atoms with Crippen LogP contribution in [0.2, 0.25) is 0 Å². The molecule has 0 aliphatic rings. The Morgan fingerprint density at radius 3 is 2.28 bits per heavy atom. The quantitative estimate of drug-likeness (QED) is 0.751. The molecule has 0 saturated carbocycles. The maximum atomic E-state index is 12.0. The Bertz CT molecular complexity index is 700. The van der Waals surface area contributed by atoms with Gasteiger partial charge >= 0.3 is 6.03 Å². The molecule has 2 amide bonds. The number of hydrogen-bond acceptors (Lipinski definition) is 4. The minimum absolute atomic E-state index is 0.0985. The monoisotopic (exact) mass is 345 g/mol. The van der Waals surface area contributed by atoms with Crippen LogP contribution in [0.25, 0.3) is 0 Å². The number of amides is 2. The number of aryl methyl sites for hydroxylation is 4. The molecule has 2 atom stereocenters. The standard InChI is InChI=1S/C19H27N3O3/c1-11-6-12(2)8-16(7-11)17(23)10-21-19(24)20-9-13(3)18-14(4)22-25-15(18)5/h6-8,13,17,23H,9-10H2,1-5H3,(H2,20,21,24)/t13-,17-/m0/s1. The van der Waals surface area contributed by atoms with E-state index in [1.54, 1.807) is 0 Å². The molecule has 0 aliphatic heterocycles. The minimum Gasteiger partial charge on any atom is -0.387 e. The first-order valence-electron chi connectivity index (χ1n) is 8.48. The molecule has 6 heteroatoms. The first kappa shape index (κ1) is 19.0. The largest absolute Gasteiger partial charge is 0.387 e. The van der Waals surface area contributed by atoms with Gasteiger partial charge in [0.05, 0.1) is 11.8 Å². The lowest BCUT2D eigenvalue weighted by Gasteiger charge is -2.16. The van der Waals surface area contributed by atoms with Crippen LogP contribution in [0, 0.1) is 27.7 Å². The zero-order valence-electron chi connectivity index (χ0n) is 15.5. The van der Waals surface area contributed by atoms with Gasteiger partial charge in [-0.25, -0.2) is 4.79 Å². The molecular formula is C19H27N3O3. The fourth-order valence-electron chi connectivity index (χ4n) is 3.11. The number of benzene rings is 1. The molecular weight excluding hydrogens is 318 g/mol. The highest BCUT2D eigenvalue weighted by Crippen LogP contribution is 2.22. The number of carbonyl (C=O) groups is 1. The van der Waals surface area contributed by atoms with Gasteiger partial charge in [0.25, 0.3) is 0 Å². The summed E-state index contributed by atoms with van der Waals surface area (Å²) in [4.78, 5) is 12.0. The van der Waals surface area contributed by atoms with Crippen LogP contribution in [0.5, 0.6) is 0 Å². The number of rotatable bonds is 6. The highest BCUT2D eigenvalue weighted by molar-refractivity contribution is 5.73. The van der Waals surface area contributed by atoms with Crippen LogP contribution in [0.1, 0.15) is 52.7 Å². The summed E-state index contributed by atoms with van der Waals surface area (Å²) in [6.07, 6.45) is -0.732. The van der Waals surface area contributed by atoms with E-state index in [0.717, 1.165) is 33.7 Å². The average molecular weight is 345 g/mol. The van der Waals surface area contributed by atoms with Crippen molar-refractivity contribution in [1.29, 1.82) is 0 Å². The zero-order chi connectivity index (χ0) is 18.6. The second kappa shape index (κ2) is 8.16. The Kier molecular flexibility index (Phi) is 6.20. The van der Waals surface area contributed by atoms with Crippen molar-refractivity contribution in [2.45, 2.75) is 46.6 Å². The van der Waals surface area contributed by atoms with E-state index in [-0.39, 0.29) is 18.5 Å². The lowest BCUT2D eigenvalue weighted by Crippen LogP contribution is -2.39. The normalized spacial score (nSPS) is 13.4. The van der Waals surface area contributed by atoms with E-state index >= 15 is 0 Å². The number of aromatic nitrogens is 1. The van der Waals surface area contributed by atoms with Gasteiger partial charge in [-0.3, -0.25) is 0 Å². The highest BCUT2D eigenvalue weighted by Gasteiger charge is 2.17. The van der Waals surface area contributed by atoms with Gasteiger partial charge in [0, 0.05) is 24.6 Å². The van der Waals surface area contributed by atoms with Crippen LogP contribution in [0.3, 0.4) is 0 Å². The summed E-state index contributed by atoms with van der Waals surface area (Å²) in [6.45, 7) is 10.4. The van der Waals surface area contributed by atoms with E-state index in [9.17, 15) is 9.90 Å². The molecule has 0 radical (unpaired) electrons. The molecule has 2 aromatic rings. The molecule has 2 rings (SSSR count). The maximum Gasteiger partial charge on any atom is 0.314 e. The Hall–Kier alpha value is -2.34. The third-order valence-corrected chi connectivity index (χ3v) is 4.23. The SMILES string of the molecule is Cc1cc(C)cc([C@@H](O)CNC(=O)NC[C@H](C)c2c(C)noc2C)c1. The number of urea groups is 1. The Morgan fingerprint density at radius 2 is 1.72 bits per heavy atom. The number of carbonyl (C=O) groups excluding carboxylic acids is 1. The highest BCUT2D eigenvalue weighted by atomic mass is 16.5. The van der Waals surface area contributed by atoms with Gasteiger partial charge < -0.3 is 20.3 Å². The predicted molar refractivity (Wildman–Crippen MR) is 96.7 cm³/mol. The van der Waals surface area contributed by atoms with Gasteiger partial charge in [-0.2, -0.15) is 0 Å². The van der Waals surface area contributed by atoms with Gasteiger partial charge in [0.15, 0.2) is 0 Å². The van der Waals surface area contributed by atoms with Gasteiger partial charge in [0.1, 0.15) is 5.76 Å². The van der Waals surface area contributed by atoms with Crippen LogP contribution >= 0.6 is 0 Å². The second-order valence-corrected chi connectivity index (χ2v) is 6.67. The van der Waals surface area contributed by atoms with Crippen LogP contribution in [0.15, 0.2) is 22.7 Å². The number of hydrogen-bond donors (Lipinski definition) is 3. The third kappa shape index (κ3) is 5.06. The van der Waals surface area contributed by atoms with Crippen molar-refractivity contribution in [3.63, 3.8) is 0 Å². The van der Waals surface area contributed by atoms with Crippen LogP contribution in [-0.4, -0.2) is 29.4 Å². The molecule has 0 bridgehead atoms.